The molecule has 27 heavy (non-hydrogen) atoms. The summed E-state index contributed by atoms with van der Waals surface area (Å²) in [7, 11) is 1.75. The van der Waals surface area contributed by atoms with E-state index in [1.54, 1.807) is 32.2 Å². The van der Waals surface area contributed by atoms with E-state index in [4.69, 9.17) is 4.74 Å². The molecular formula is C21H24FNO3S. The van der Waals surface area contributed by atoms with Crippen molar-refractivity contribution in [3.63, 3.8) is 0 Å². The molecule has 0 amide bonds. The van der Waals surface area contributed by atoms with Crippen LogP contribution in [0.4, 0.5) is 4.39 Å². The van der Waals surface area contributed by atoms with Gasteiger partial charge in [-0.3, -0.25) is 4.79 Å². The summed E-state index contributed by atoms with van der Waals surface area (Å²) in [5, 5.41) is 2.97. The lowest BCUT2D eigenvalue weighted by molar-refractivity contribution is -0.124. The van der Waals surface area contributed by atoms with Crippen LogP contribution in [0.25, 0.3) is 5.70 Å². The number of thiophene rings is 1. The Morgan fingerprint density at radius 3 is 2.52 bits per heavy atom. The van der Waals surface area contributed by atoms with E-state index in [0.29, 0.717) is 16.9 Å². The van der Waals surface area contributed by atoms with Gasteiger partial charge in [-0.05, 0) is 50.6 Å². The van der Waals surface area contributed by atoms with Gasteiger partial charge in [-0.15, -0.1) is 11.3 Å². The first kappa shape index (κ1) is 20.8. The molecule has 0 bridgehead atoms. The minimum absolute atomic E-state index is 0.0873. The maximum Gasteiger partial charge on any atom is 0.353 e. The summed E-state index contributed by atoms with van der Waals surface area (Å²) in [6.45, 7) is 7.14. The van der Waals surface area contributed by atoms with Gasteiger partial charge in [-0.1, -0.05) is 19.9 Å². The second-order valence-electron chi connectivity index (χ2n) is 6.87. The summed E-state index contributed by atoms with van der Waals surface area (Å²) in [6.07, 6.45) is 2.37. The molecule has 0 aliphatic heterocycles. The number of allylic oxidation sites excluding steroid dienone is 1. The van der Waals surface area contributed by atoms with Crippen molar-refractivity contribution >= 4 is 28.8 Å². The molecule has 0 spiro atoms. The van der Waals surface area contributed by atoms with Crippen LogP contribution in [-0.2, 0) is 11.2 Å². The molecule has 1 N–H and O–H groups in total. The zero-order valence-corrected chi connectivity index (χ0v) is 17.0. The van der Waals surface area contributed by atoms with Crippen molar-refractivity contribution in [2.24, 2.45) is 5.41 Å². The van der Waals surface area contributed by atoms with Crippen LogP contribution in [0.15, 0.2) is 36.4 Å². The van der Waals surface area contributed by atoms with Gasteiger partial charge in [0.25, 0.3) is 0 Å². The third kappa shape index (κ3) is 5.04. The molecule has 0 aliphatic carbocycles. The zero-order valence-electron chi connectivity index (χ0n) is 16.2. The zero-order chi connectivity index (χ0) is 20.2. The normalized spacial score (nSPS) is 12.0. The fourth-order valence-electron chi connectivity index (χ4n) is 2.50. The number of halogens is 1. The Kier molecular flexibility index (Phi) is 6.54. The molecule has 0 saturated heterocycles. The summed E-state index contributed by atoms with van der Waals surface area (Å²) in [4.78, 5) is 25.3. The molecule has 0 atom stereocenters. The van der Waals surface area contributed by atoms with E-state index in [1.165, 1.54) is 23.5 Å². The minimum atomic E-state index is -0.613. The highest BCUT2D eigenvalue weighted by Crippen LogP contribution is 2.29. The first-order chi connectivity index (χ1) is 12.7. The molecule has 6 heteroatoms. The number of esters is 1. The van der Waals surface area contributed by atoms with Crippen molar-refractivity contribution in [1.29, 1.82) is 0 Å². The summed E-state index contributed by atoms with van der Waals surface area (Å²) in [5.74, 6) is -1.25. The SMILES string of the molecule is C/C=C(\NC)c1ccc(OC(=O)c2ccc(CC(C)(C)C(C)=O)s2)c(F)c1. The Bertz CT molecular complexity index is 883. The maximum atomic E-state index is 14.3. The number of nitrogens with one attached hydrogen (secondary N) is 1. The molecular weight excluding hydrogens is 365 g/mol. The Morgan fingerprint density at radius 1 is 1.26 bits per heavy atom. The number of carbonyl (C=O) groups excluding carboxylic acids is 2. The number of benzene rings is 1. The molecule has 1 heterocycles. The second kappa shape index (κ2) is 8.48. The van der Waals surface area contributed by atoms with Crippen molar-refractivity contribution in [1.82, 2.24) is 5.32 Å². The summed E-state index contributed by atoms with van der Waals surface area (Å²) >= 11 is 1.26. The quantitative estimate of drug-likeness (QED) is 0.544. The fraction of sp³-hybridized carbons (Fsp3) is 0.333. The number of rotatable bonds is 7. The van der Waals surface area contributed by atoms with Crippen LogP contribution in [0.1, 0.15) is 47.8 Å². The highest BCUT2D eigenvalue weighted by Gasteiger charge is 2.25. The minimum Gasteiger partial charge on any atom is -0.419 e. The molecule has 0 unspecified atom stereocenters. The third-order valence-corrected chi connectivity index (χ3v) is 5.50. The van der Waals surface area contributed by atoms with Gasteiger partial charge >= 0.3 is 5.97 Å². The first-order valence-corrected chi connectivity index (χ1v) is 9.45. The van der Waals surface area contributed by atoms with Gasteiger partial charge in [-0.2, -0.15) is 0 Å². The van der Waals surface area contributed by atoms with E-state index in [-0.39, 0.29) is 11.5 Å². The van der Waals surface area contributed by atoms with Crippen molar-refractivity contribution in [2.75, 3.05) is 7.05 Å². The third-order valence-electron chi connectivity index (χ3n) is 4.44. The lowest BCUT2D eigenvalue weighted by Crippen LogP contribution is -2.23. The van der Waals surface area contributed by atoms with Gasteiger partial charge in [0, 0.05) is 28.6 Å². The van der Waals surface area contributed by atoms with E-state index >= 15 is 0 Å². The van der Waals surface area contributed by atoms with Gasteiger partial charge in [0.2, 0.25) is 0 Å². The Morgan fingerprint density at radius 2 is 1.96 bits per heavy atom. The number of ether oxygens (including phenoxy) is 1. The highest BCUT2D eigenvalue weighted by molar-refractivity contribution is 7.13. The van der Waals surface area contributed by atoms with Crippen molar-refractivity contribution < 1.29 is 18.7 Å². The molecule has 2 rings (SSSR count). The standard InChI is InChI=1S/C21H24FNO3S/c1-6-17(23-5)14-7-9-18(16(22)11-14)26-20(25)19-10-8-15(27-19)12-21(3,4)13(2)24/h6-11,23H,12H2,1-5H3/b17-6-. The Labute approximate surface area is 163 Å². The van der Waals surface area contributed by atoms with Crippen molar-refractivity contribution in [3.05, 3.63) is 57.5 Å². The summed E-state index contributed by atoms with van der Waals surface area (Å²) < 4.78 is 19.5. The van der Waals surface area contributed by atoms with Crippen LogP contribution in [0.3, 0.4) is 0 Å². The van der Waals surface area contributed by atoms with Gasteiger partial charge in [0.15, 0.2) is 11.6 Å². The molecule has 4 nitrogen and oxygen atoms in total. The molecule has 0 fully saturated rings. The average molecular weight is 389 g/mol. The van der Waals surface area contributed by atoms with Gasteiger partial charge in [-0.25, -0.2) is 9.18 Å². The van der Waals surface area contributed by atoms with Crippen LogP contribution >= 0.6 is 11.3 Å². The van der Waals surface area contributed by atoms with E-state index < -0.39 is 17.2 Å². The van der Waals surface area contributed by atoms with Gasteiger partial charge in [0.1, 0.15) is 10.7 Å². The average Bonchev–Trinajstić information content (AvgIpc) is 3.06. The van der Waals surface area contributed by atoms with Gasteiger partial charge < -0.3 is 10.1 Å². The molecule has 1 aromatic heterocycles. The molecule has 1 aromatic carbocycles. The predicted molar refractivity (Wildman–Crippen MR) is 107 cm³/mol. The topological polar surface area (TPSA) is 55.4 Å². The van der Waals surface area contributed by atoms with Crippen LogP contribution < -0.4 is 10.1 Å². The fourth-order valence-corrected chi connectivity index (χ4v) is 3.61. The number of hydrogen-bond donors (Lipinski definition) is 1. The summed E-state index contributed by atoms with van der Waals surface area (Å²) in [5.41, 5.74) is 0.955. The molecule has 0 aliphatic rings. The van der Waals surface area contributed by atoms with E-state index in [1.807, 2.05) is 26.8 Å². The lowest BCUT2D eigenvalue weighted by atomic mass is 9.85. The second-order valence-corrected chi connectivity index (χ2v) is 8.04. The lowest BCUT2D eigenvalue weighted by Gasteiger charge is -2.19. The van der Waals surface area contributed by atoms with Crippen LogP contribution in [-0.4, -0.2) is 18.8 Å². The number of carbonyl (C=O) groups is 2. The number of ketones is 1. The number of hydrogen-bond acceptors (Lipinski definition) is 5. The highest BCUT2D eigenvalue weighted by atomic mass is 32.1. The molecule has 144 valence electrons. The monoisotopic (exact) mass is 389 g/mol. The molecule has 0 radical (unpaired) electrons. The van der Waals surface area contributed by atoms with E-state index in [2.05, 4.69) is 5.32 Å². The van der Waals surface area contributed by atoms with Crippen molar-refractivity contribution in [3.8, 4) is 5.75 Å². The largest absolute Gasteiger partial charge is 0.419 e. The maximum absolute atomic E-state index is 14.3. The number of Topliss-reactive ketones (excluding diaryl/α,β-unsaturated/α-hetero) is 1. The Hall–Kier alpha value is -2.47. The van der Waals surface area contributed by atoms with Crippen molar-refractivity contribution in [2.45, 2.75) is 34.1 Å². The smallest absolute Gasteiger partial charge is 0.353 e. The molecule has 2 aromatic rings. The van der Waals surface area contributed by atoms with Crippen LogP contribution in [0.2, 0.25) is 0 Å². The van der Waals surface area contributed by atoms with E-state index in [9.17, 15) is 14.0 Å². The first-order valence-electron chi connectivity index (χ1n) is 8.64. The van der Waals surface area contributed by atoms with E-state index in [0.717, 1.165) is 10.6 Å². The van der Waals surface area contributed by atoms with Gasteiger partial charge in [0.05, 0.1) is 0 Å². The van der Waals surface area contributed by atoms with Crippen LogP contribution in [0.5, 0.6) is 5.75 Å². The molecule has 0 saturated carbocycles. The van der Waals surface area contributed by atoms with Crippen LogP contribution in [0, 0.1) is 11.2 Å². The Balaban J connectivity index is 2.13. The predicted octanol–water partition coefficient (Wildman–Crippen LogP) is 4.84. The summed E-state index contributed by atoms with van der Waals surface area (Å²) in [6, 6.07) is 7.90.